The molecule has 0 aliphatic carbocycles. The molecule has 3 rings (SSSR count). The third-order valence-corrected chi connectivity index (χ3v) is 3.37. The molecular formula is C14H17N3O. The zero-order valence-electron chi connectivity index (χ0n) is 10.7. The molecule has 0 saturated carbocycles. The van der Waals surface area contributed by atoms with Gasteiger partial charge in [-0.05, 0) is 44.0 Å². The number of fused-ring (bicyclic) bond motifs is 1. The average molecular weight is 243 g/mol. The molecule has 18 heavy (non-hydrogen) atoms. The molecule has 4 nitrogen and oxygen atoms in total. The lowest BCUT2D eigenvalue weighted by Gasteiger charge is -2.16. The van der Waals surface area contributed by atoms with E-state index in [9.17, 15) is 0 Å². The zero-order chi connectivity index (χ0) is 12.5. The summed E-state index contributed by atoms with van der Waals surface area (Å²) in [5.41, 5.74) is 4.64. The van der Waals surface area contributed by atoms with E-state index < -0.39 is 0 Å². The van der Waals surface area contributed by atoms with Gasteiger partial charge in [-0.1, -0.05) is 0 Å². The van der Waals surface area contributed by atoms with Gasteiger partial charge in [-0.2, -0.15) is 5.10 Å². The SMILES string of the molecule is COc1ccc(-n2nc(C)c3c2CCCN3)cc1. The van der Waals surface area contributed by atoms with Crippen molar-refractivity contribution in [1.29, 1.82) is 0 Å². The van der Waals surface area contributed by atoms with Crippen molar-refractivity contribution in [1.82, 2.24) is 9.78 Å². The summed E-state index contributed by atoms with van der Waals surface area (Å²) < 4.78 is 7.22. The molecule has 0 bridgehead atoms. The number of methoxy groups -OCH3 is 1. The highest BCUT2D eigenvalue weighted by molar-refractivity contribution is 5.57. The molecule has 1 aromatic heterocycles. The van der Waals surface area contributed by atoms with E-state index in [1.54, 1.807) is 7.11 Å². The fourth-order valence-electron chi connectivity index (χ4n) is 2.44. The van der Waals surface area contributed by atoms with Gasteiger partial charge in [0.2, 0.25) is 0 Å². The van der Waals surface area contributed by atoms with Crippen LogP contribution in [0.25, 0.3) is 5.69 Å². The van der Waals surface area contributed by atoms with Crippen LogP contribution in [-0.2, 0) is 6.42 Å². The summed E-state index contributed by atoms with van der Waals surface area (Å²) in [5, 5.41) is 8.07. The number of nitrogens with zero attached hydrogens (tertiary/aromatic N) is 2. The van der Waals surface area contributed by atoms with Gasteiger partial charge < -0.3 is 10.1 Å². The number of aromatic nitrogens is 2. The third kappa shape index (κ3) is 1.74. The molecule has 1 aromatic carbocycles. The minimum Gasteiger partial charge on any atom is -0.497 e. The molecule has 1 N–H and O–H groups in total. The molecule has 94 valence electrons. The van der Waals surface area contributed by atoms with Gasteiger partial charge in [-0.15, -0.1) is 0 Å². The largest absolute Gasteiger partial charge is 0.497 e. The lowest BCUT2D eigenvalue weighted by molar-refractivity contribution is 0.414. The summed E-state index contributed by atoms with van der Waals surface area (Å²) in [6.07, 6.45) is 2.24. The van der Waals surface area contributed by atoms with E-state index in [2.05, 4.69) is 17.3 Å². The first kappa shape index (κ1) is 11.1. The maximum Gasteiger partial charge on any atom is 0.119 e. The van der Waals surface area contributed by atoms with Crippen molar-refractivity contribution in [3.05, 3.63) is 35.7 Å². The van der Waals surface area contributed by atoms with Gasteiger partial charge in [-0.25, -0.2) is 4.68 Å². The minimum atomic E-state index is 0.870. The fourth-order valence-corrected chi connectivity index (χ4v) is 2.44. The van der Waals surface area contributed by atoms with Gasteiger partial charge in [0.05, 0.1) is 29.9 Å². The molecule has 0 atom stereocenters. The Morgan fingerprint density at radius 3 is 2.78 bits per heavy atom. The maximum absolute atomic E-state index is 5.18. The Balaban J connectivity index is 2.05. The highest BCUT2D eigenvalue weighted by Crippen LogP contribution is 2.28. The van der Waals surface area contributed by atoms with Crippen LogP contribution < -0.4 is 10.1 Å². The fraction of sp³-hybridized carbons (Fsp3) is 0.357. The van der Waals surface area contributed by atoms with Crippen molar-refractivity contribution in [2.75, 3.05) is 19.0 Å². The molecule has 0 unspecified atom stereocenters. The predicted octanol–water partition coefficient (Wildman–Crippen LogP) is 2.55. The number of hydrogen-bond donors (Lipinski definition) is 1. The summed E-state index contributed by atoms with van der Waals surface area (Å²) in [6.45, 7) is 3.10. The van der Waals surface area contributed by atoms with Gasteiger partial charge in [0.1, 0.15) is 5.75 Å². The smallest absolute Gasteiger partial charge is 0.119 e. The Morgan fingerprint density at radius 1 is 1.28 bits per heavy atom. The van der Waals surface area contributed by atoms with Crippen LogP contribution in [0.1, 0.15) is 17.8 Å². The van der Waals surface area contributed by atoms with Gasteiger partial charge in [-0.3, -0.25) is 0 Å². The number of rotatable bonds is 2. The molecule has 4 heteroatoms. The second-order valence-electron chi connectivity index (χ2n) is 4.55. The molecule has 2 aromatic rings. The Morgan fingerprint density at radius 2 is 2.06 bits per heavy atom. The van der Waals surface area contributed by atoms with Crippen LogP contribution in [0.3, 0.4) is 0 Å². The number of aryl methyl sites for hydroxylation is 1. The van der Waals surface area contributed by atoms with Crippen LogP contribution >= 0.6 is 0 Å². The normalized spacial score (nSPS) is 13.9. The summed E-state index contributed by atoms with van der Waals surface area (Å²) in [7, 11) is 1.68. The Bertz CT molecular complexity index is 557. The molecular weight excluding hydrogens is 226 g/mol. The van der Waals surface area contributed by atoms with E-state index in [1.165, 1.54) is 11.4 Å². The molecule has 1 aliphatic rings. The Kier molecular flexibility index (Phi) is 2.70. The van der Waals surface area contributed by atoms with Gasteiger partial charge in [0.15, 0.2) is 0 Å². The van der Waals surface area contributed by atoms with Crippen LogP contribution in [0.15, 0.2) is 24.3 Å². The predicted molar refractivity (Wildman–Crippen MR) is 71.7 cm³/mol. The van der Waals surface area contributed by atoms with Crippen molar-refractivity contribution in [2.24, 2.45) is 0 Å². The molecule has 0 fully saturated rings. The number of ether oxygens (including phenoxy) is 1. The first-order valence-electron chi connectivity index (χ1n) is 6.26. The lowest BCUT2D eigenvalue weighted by atomic mass is 10.1. The first-order valence-corrected chi connectivity index (χ1v) is 6.26. The van der Waals surface area contributed by atoms with E-state index in [0.717, 1.165) is 36.5 Å². The van der Waals surface area contributed by atoms with Crippen LogP contribution in [0.5, 0.6) is 5.75 Å². The quantitative estimate of drug-likeness (QED) is 0.881. The maximum atomic E-state index is 5.18. The van der Waals surface area contributed by atoms with E-state index in [4.69, 9.17) is 4.74 Å². The average Bonchev–Trinajstić information content (AvgIpc) is 2.77. The zero-order valence-corrected chi connectivity index (χ0v) is 10.7. The summed E-state index contributed by atoms with van der Waals surface area (Å²) >= 11 is 0. The van der Waals surface area contributed by atoms with Crippen molar-refractivity contribution in [2.45, 2.75) is 19.8 Å². The van der Waals surface area contributed by atoms with Gasteiger partial charge in [0.25, 0.3) is 0 Å². The summed E-state index contributed by atoms with van der Waals surface area (Å²) in [5.74, 6) is 0.870. The molecule has 0 amide bonds. The van der Waals surface area contributed by atoms with Crippen molar-refractivity contribution < 1.29 is 4.74 Å². The van der Waals surface area contributed by atoms with E-state index >= 15 is 0 Å². The van der Waals surface area contributed by atoms with Crippen LogP contribution in [0.2, 0.25) is 0 Å². The van der Waals surface area contributed by atoms with E-state index in [-0.39, 0.29) is 0 Å². The van der Waals surface area contributed by atoms with Crippen LogP contribution in [-0.4, -0.2) is 23.4 Å². The molecule has 0 spiro atoms. The Hall–Kier alpha value is -1.97. The topological polar surface area (TPSA) is 39.1 Å². The molecule has 0 radical (unpaired) electrons. The second-order valence-corrected chi connectivity index (χ2v) is 4.55. The first-order chi connectivity index (χ1) is 8.79. The number of nitrogens with one attached hydrogen (secondary N) is 1. The third-order valence-electron chi connectivity index (χ3n) is 3.37. The minimum absolute atomic E-state index is 0.870. The van der Waals surface area contributed by atoms with Crippen LogP contribution in [0.4, 0.5) is 5.69 Å². The second kappa shape index (κ2) is 4.37. The molecule has 1 aliphatic heterocycles. The Labute approximate surface area is 107 Å². The number of hydrogen-bond acceptors (Lipinski definition) is 3. The molecule has 2 heterocycles. The number of benzene rings is 1. The van der Waals surface area contributed by atoms with Gasteiger partial charge >= 0.3 is 0 Å². The summed E-state index contributed by atoms with van der Waals surface area (Å²) in [4.78, 5) is 0. The summed E-state index contributed by atoms with van der Waals surface area (Å²) in [6, 6.07) is 8.02. The molecule has 0 saturated heterocycles. The van der Waals surface area contributed by atoms with Crippen molar-refractivity contribution in [3.63, 3.8) is 0 Å². The van der Waals surface area contributed by atoms with Crippen molar-refractivity contribution in [3.8, 4) is 11.4 Å². The highest BCUT2D eigenvalue weighted by atomic mass is 16.5. The van der Waals surface area contributed by atoms with Crippen LogP contribution in [0, 0.1) is 6.92 Å². The standard InChI is InChI=1S/C14H17N3O/c1-10-14-13(4-3-9-15-14)17(16-10)11-5-7-12(18-2)8-6-11/h5-8,15H,3-4,9H2,1-2H3. The van der Waals surface area contributed by atoms with Crippen molar-refractivity contribution >= 4 is 5.69 Å². The highest BCUT2D eigenvalue weighted by Gasteiger charge is 2.18. The van der Waals surface area contributed by atoms with E-state index in [0.29, 0.717) is 0 Å². The van der Waals surface area contributed by atoms with Gasteiger partial charge in [0, 0.05) is 6.54 Å². The van der Waals surface area contributed by atoms with E-state index in [1.807, 2.05) is 28.9 Å². The monoisotopic (exact) mass is 243 g/mol. The lowest BCUT2D eigenvalue weighted by Crippen LogP contribution is -2.13. The number of anilines is 1.